The average Bonchev–Trinajstić information content (AvgIpc) is 2.93. The topological polar surface area (TPSA) is 55.1 Å². The van der Waals surface area contributed by atoms with Gasteiger partial charge in [0.1, 0.15) is 0 Å². The van der Waals surface area contributed by atoms with Crippen LogP contribution in [0.15, 0.2) is 29.2 Å². The van der Waals surface area contributed by atoms with Crippen molar-refractivity contribution in [3.8, 4) is 0 Å². The van der Waals surface area contributed by atoms with Gasteiger partial charge in [0.2, 0.25) is 5.91 Å². The Morgan fingerprint density at radius 1 is 1.42 bits per heavy atom. The summed E-state index contributed by atoms with van der Waals surface area (Å²) >= 11 is 1.88. The third kappa shape index (κ3) is 3.98. The van der Waals surface area contributed by atoms with E-state index in [1.807, 2.05) is 36.9 Å². The molecular weight excluding hydrogens is 256 g/mol. The van der Waals surface area contributed by atoms with Gasteiger partial charge < -0.3 is 11.1 Å². The van der Waals surface area contributed by atoms with Gasteiger partial charge in [0.15, 0.2) is 0 Å². The van der Waals surface area contributed by atoms with Crippen LogP contribution in [-0.4, -0.2) is 17.2 Å². The molecule has 1 atom stereocenters. The fourth-order valence-corrected chi connectivity index (χ4v) is 3.60. The molecule has 3 N–H and O–H groups in total. The van der Waals surface area contributed by atoms with E-state index < -0.39 is 6.04 Å². The lowest BCUT2D eigenvalue weighted by Crippen LogP contribution is -2.34. The maximum atomic E-state index is 11.9. The van der Waals surface area contributed by atoms with E-state index in [0.717, 1.165) is 10.6 Å². The third-order valence-electron chi connectivity index (χ3n) is 3.52. The Balaban J connectivity index is 2.05. The molecule has 0 heterocycles. The van der Waals surface area contributed by atoms with Crippen LogP contribution < -0.4 is 11.1 Å². The molecule has 0 aliphatic heterocycles. The summed E-state index contributed by atoms with van der Waals surface area (Å²) in [4.78, 5) is 13.0. The zero-order chi connectivity index (χ0) is 13.7. The lowest BCUT2D eigenvalue weighted by Gasteiger charge is -2.15. The van der Waals surface area contributed by atoms with Crippen LogP contribution in [0.2, 0.25) is 0 Å². The normalized spacial score (nSPS) is 17.4. The molecule has 1 aromatic rings. The van der Waals surface area contributed by atoms with E-state index in [0.29, 0.717) is 11.7 Å². The van der Waals surface area contributed by atoms with Crippen molar-refractivity contribution >= 4 is 23.4 Å². The number of amides is 1. The van der Waals surface area contributed by atoms with Crippen molar-refractivity contribution in [3.05, 3.63) is 24.3 Å². The van der Waals surface area contributed by atoms with Gasteiger partial charge in [-0.15, -0.1) is 11.8 Å². The summed E-state index contributed by atoms with van der Waals surface area (Å²) in [6.45, 7) is 1.92. The van der Waals surface area contributed by atoms with Crippen LogP contribution in [0.4, 0.5) is 5.69 Å². The number of thioether (sulfide) groups is 1. The van der Waals surface area contributed by atoms with Gasteiger partial charge in [0, 0.05) is 10.1 Å². The van der Waals surface area contributed by atoms with E-state index >= 15 is 0 Å². The minimum atomic E-state index is -0.426. The van der Waals surface area contributed by atoms with Gasteiger partial charge in [0.25, 0.3) is 0 Å². The molecule has 0 spiro atoms. The van der Waals surface area contributed by atoms with Crippen LogP contribution in [0, 0.1) is 0 Å². The van der Waals surface area contributed by atoms with E-state index in [1.54, 1.807) is 0 Å². The average molecular weight is 278 g/mol. The number of nitrogens with one attached hydrogen (secondary N) is 1. The van der Waals surface area contributed by atoms with Crippen molar-refractivity contribution in [2.24, 2.45) is 5.73 Å². The summed E-state index contributed by atoms with van der Waals surface area (Å²) in [5.74, 6) is -0.0954. The van der Waals surface area contributed by atoms with Gasteiger partial charge >= 0.3 is 0 Å². The number of nitrogens with two attached hydrogens (primary N) is 1. The van der Waals surface area contributed by atoms with Crippen molar-refractivity contribution in [3.63, 3.8) is 0 Å². The van der Waals surface area contributed by atoms with Gasteiger partial charge in [-0.3, -0.25) is 4.79 Å². The number of rotatable bonds is 5. The van der Waals surface area contributed by atoms with Crippen LogP contribution in [0.5, 0.6) is 0 Å². The molecule has 104 valence electrons. The number of hydrogen-bond acceptors (Lipinski definition) is 3. The quantitative estimate of drug-likeness (QED) is 0.868. The molecule has 4 heteroatoms. The molecule has 0 radical (unpaired) electrons. The predicted octanol–water partition coefficient (Wildman–Crippen LogP) is 3.40. The molecule has 1 amide bonds. The highest BCUT2D eigenvalue weighted by Gasteiger charge is 2.19. The highest BCUT2D eigenvalue weighted by Crippen LogP contribution is 2.37. The van der Waals surface area contributed by atoms with E-state index in [-0.39, 0.29) is 5.91 Å². The molecule has 1 aromatic carbocycles. The Bertz CT molecular complexity index is 430. The molecule has 3 nitrogen and oxygen atoms in total. The predicted molar refractivity (Wildman–Crippen MR) is 81.5 cm³/mol. The van der Waals surface area contributed by atoms with Crippen LogP contribution in [0.1, 0.15) is 39.0 Å². The zero-order valence-electron chi connectivity index (χ0n) is 11.4. The Labute approximate surface area is 119 Å². The lowest BCUT2D eigenvalue weighted by atomic mass is 10.2. The number of anilines is 1. The van der Waals surface area contributed by atoms with Crippen molar-refractivity contribution in [1.82, 2.24) is 0 Å². The second kappa shape index (κ2) is 6.96. The number of para-hydroxylation sites is 1. The second-order valence-electron chi connectivity index (χ2n) is 5.02. The molecule has 19 heavy (non-hydrogen) atoms. The highest BCUT2D eigenvalue weighted by molar-refractivity contribution is 8.00. The van der Waals surface area contributed by atoms with Crippen LogP contribution in [0.3, 0.4) is 0 Å². The maximum Gasteiger partial charge on any atom is 0.241 e. The van der Waals surface area contributed by atoms with Gasteiger partial charge in [-0.2, -0.15) is 0 Å². The van der Waals surface area contributed by atoms with E-state index in [2.05, 4.69) is 11.4 Å². The Kier molecular flexibility index (Phi) is 5.28. The fourth-order valence-electron chi connectivity index (χ4n) is 2.27. The summed E-state index contributed by atoms with van der Waals surface area (Å²) in [5, 5.41) is 3.64. The monoisotopic (exact) mass is 278 g/mol. The number of carbonyl (C=O) groups is 1. The molecular formula is C15H22N2OS. The van der Waals surface area contributed by atoms with E-state index in [9.17, 15) is 4.79 Å². The van der Waals surface area contributed by atoms with Crippen LogP contribution in [0.25, 0.3) is 0 Å². The Morgan fingerprint density at radius 3 is 2.79 bits per heavy atom. The summed E-state index contributed by atoms with van der Waals surface area (Å²) in [6, 6.07) is 7.58. The summed E-state index contributed by atoms with van der Waals surface area (Å²) < 4.78 is 0. The molecule has 1 saturated carbocycles. The summed E-state index contributed by atoms with van der Waals surface area (Å²) in [6.07, 6.45) is 5.87. The number of hydrogen-bond donors (Lipinski definition) is 2. The number of carbonyl (C=O) groups excluding carboxylic acids is 1. The van der Waals surface area contributed by atoms with Crippen molar-refractivity contribution in [2.75, 3.05) is 5.32 Å². The maximum absolute atomic E-state index is 11.9. The molecule has 1 aliphatic rings. The SMILES string of the molecule is CC[C@@H](N)C(=O)Nc1ccccc1SC1CCCC1. The second-order valence-corrected chi connectivity index (χ2v) is 6.37. The van der Waals surface area contributed by atoms with Crippen molar-refractivity contribution in [1.29, 1.82) is 0 Å². The molecule has 0 unspecified atom stereocenters. The molecule has 0 saturated heterocycles. The van der Waals surface area contributed by atoms with Gasteiger partial charge in [-0.25, -0.2) is 0 Å². The third-order valence-corrected chi connectivity index (χ3v) is 4.93. The van der Waals surface area contributed by atoms with Crippen LogP contribution in [-0.2, 0) is 4.79 Å². The largest absolute Gasteiger partial charge is 0.324 e. The standard InChI is InChI=1S/C15H22N2OS/c1-2-12(16)15(18)17-13-9-5-6-10-14(13)19-11-7-3-4-8-11/h5-6,9-12H,2-4,7-8,16H2,1H3,(H,17,18)/t12-/m1/s1. The summed E-state index contributed by atoms with van der Waals surface area (Å²) in [5.41, 5.74) is 6.66. The molecule has 2 rings (SSSR count). The molecule has 1 fully saturated rings. The highest BCUT2D eigenvalue weighted by atomic mass is 32.2. The zero-order valence-corrected chi connectivity index (χ0v) is 12.2. The minimum absolute atomic E-state index is 0.0954. The van der Waals surface area contributed by atoms with Crippen molar-refractivity contribution in [2.45, 2.75) is 55.2 Å². The van der Waals surface area contributed by atoms with Gasteiger partial charge in [-0.1, -0.05) is 31.9 Å². The molecule has 0 bridgehead atoms. The Hall–Kier alpha value is -1.00. The fraction of sp³-hybridized carbons (Fsp3) is 0.533. The number of benzene rings is 1. The smallest absolute Gasteiger partial charge is 0.241 e. The minimum Gasteiger partial charge on any atom is -0.324 e. The summed E-state index contributed by atoms with van der Waals surface area (Å²) in [7, 11) is 0. The van der Waals surface area contributed by atoms with Crippen molar-refractivity contribution < 1.29 is 4.79 Å². The first-order valence-corrected chi connectivity index (χ1v) is 7.90. The van der Waals surface area contributed by atoms with E-state index in [4.69, 9.17) is 5.73 Å². The van der Waals surface area contributed by atoms with Gasteiger partial charge in [0.05, 0.1) is 11.7 Å². The first-order valence-electron chi connectivity index (χ1n) is 7.03. The molecule has 1 aliphatic carbocycles. The molecule has 0 aromatic heterocycles. The first kappa shape index (κ1) is 14.4. The lowest BCUT2D eigenvalue weighted by molar-refractivity contribution is -0.117. The van der Waals surface area contributed by atoms with Crippen LogP contribution >= 0.6 is 11.8 Å². The Morgan fingerprint density at radius 2 is 2.11 bits per heavy atom. The van der Waals surface area contributed by atoms with Gasteiger partial charge in [-0.05, 0) is 31.4 Å². The van der Waals surface area contributed by atoms with E-state index in [1.165, 1.54) is 25.7 Å². The first-order chi connectivity index (χ1) is 9.20.